The van der Waals surface area contributed by atoms with Crippen molar-refractivity contribution < 1.29 is 4.74 Å². The SMILES string of the molecule is Cc1cc(OC2CN(C(c3ccccc3)c3ccccc3)C2)ccc1C#N. The molecule has 4 rings (SSSR count). The molecule has 27 heavy (non-hydrogen) atoms. The minimum Gasteiger partial charge on any atom is -0.488 e. The Morgan fingerprint density at radius 2 is 1.52 bits per heavy atom. The number of ether oxygens (including phenoxy) is 1. The summed E-state index contributed by atoms with van der Waals surface area (Å²) in [7, 11) is 0. The van der Waals surface area contributed by atoms with Gasteiger partial charge in [0.25, 0.3) is 0 Å². The predicted octanol–water partition coefficient (Wildman–Crippen LogP) is 4.72. The number of hydrogen-bond donors (Lipinski definition) is 0. The Hall–Kier alpha value is -3.09. The fraction of sp³-hybridized carbons (Fsp3) is 0.208. The molecule has 3 aromatic rings. The van der Waals surface area contributed by atoms with Crippen molar-refractivity contribution >= 4 is 0 Å². The highest BCUT2D eigenvalue weighted by Crippen LogP contribution is 2.33. The first-order valence-electron chi connectivity index (χ1n) is 9.26. The molecular weight excluding hydrogens is 332 g/mol. The molecule has 1 aliphatic heterocycles. The zero-order valence-electron chi connectivity index (χ0n) is 15.4. The Bertz CT molecular complexity index is 902. The molecule has 0 amide bonds. The molecule has 1 fully saturated rings. The second-order valence-electron chi connectivity index (χ2n) is 7.01. The lowest BCUT2D eigenvalue weighted by atomic mass is 9.94. The number of aryl methyl sites for hydroxylation is 1. The first kappa shape index (κ1) is 17.3. The van der Waals surface area contributed by atoms with Gasteiger partial charge in [0.1, 0.15) is 11.9 Å². The molecule has 0 atom stereocenters. The van der Waals surface area contributed by atoms with Gasteiger partial charge in [-0.2, -0.15) is 5.26 Å². The van der Waals surface area contributed by atoms with Crippen LogP contribution in [0.1, 0.15) is 28.3 Å². The highest BCUT2D eigenvalue weighted by atomic mass is 16.5. The van der Waals surface area contributed by atoms with Crippen molar-refractivity contribution in [2.24, 2.45) is 0 Å². The van der Waals surface area contributed by atoms with E-state index in [0.717, 1.165) is 24.4 Å². The van der Waals surface area contributed by atoms with Gasteiger partial charge in [-0.1, -0.05) is 60.7 Å². The zero-order valence-corrected chi connectivity index (χ0v) is 15.4. The molecule has 0 unspecified atom stereocenters. The average molecular weight is 354 g/mol. The van der Waals surface area contributed by atoms with Crippen molar-refractivity contribution in [1.82, 2.24) is 4.90 Å². The molecule has 134 valence electrons. The van der Waals surface area contributed by atoms with Gasteiger partial charge in [0, 0.05) is 13.1 Å². The van der Waals surface area contributed by atoms with E-state index in [1.54, 1.807) is 0 Å². The van der Waals surface area contributed by atoms with E-state index in [0.29, 0.717) is 5.56 Å². The standard InChI is InChI=1S/C24H22N2O/c1-18-14-22(13-12-21(18)15-25)27-23-16-26(17-23)24(19-8-4-2-5-9-19)20-10-6-3-7-11-20/h2-14,23-24H,16-17H2,1H3. The van der Waals surface area contributed by atoms with Crippen molar-refractivity contribution in [3.8, 4) is 11.8 Å². The van der Waals surface area contributed by atoms with Crippen LogP contribution in [-0.4, -0.2) is 24.1 Å². The highest BCUT2D eigenvalue weighted by Gasteiger charge is 2.35. The van der Waals surface area contributed by atoms with Crippen molar-refractivity contribution in [2.45, 2.75) is 19.1 Å². The molecule has 3 heteroatoms. The van der Waals surface area contributed by atoms with Crippen molar-refractivity contribution in [3.63, 3.8) is 0 Å². The average Bonchev–Trinajstić information content (AvgIpc) is 2.68. The van der Waals surface area contributed by atoms with E-state index in [1.165, 1.54) is 11.1 Å². The lowest BCUT2D eigenvalue weighted by Crippen LogP contribution is -2.55. The topological polar surface area (TPSA) is 36.3 Å². The molecule has 0 bridgehead atoms. The molecule has 1 heterocycles. The quantitative estimate of drug-likeness (QED) is 0.665. The summed E-state index contributed by atoms with van der Waals surface area (Å²) >= 11 is 0. The normalized spacial score (nSPS) is 14.6. The van der Waals surface area contributed by atoms with Gasteiger partial charge < -0.3 is 4.74 Å². The third kappa shape index (κ3) is 3.72. The monoisotopic (exact) mass is 354 g/mol. The van der Waals surface area contributed by atoms with Gasteiger partial charge in [-0.15, -0.1) is 0 Å². The predicted molar refractivity (Wildman–Crippen MR) is 107 cm³/mol. The van der Waals surface area contributed by atoms with Crippen molar-refractivity contribution in [2.75, 3.05) is 13.1 Å². The first-order chi connectivity index (χ1) is 13.2. The summed E-state index contributed by atoms with van der Waals surface area (Å²) in [6.07, 6.45) is 0.173. The zero-order chi connectivity index (χ0) is 18.6. The summed E-state index contributed by atoms with van der Waals surface area (Å²) in [6.45, 7) is 3.71. The second kappa shape index (κ2) is 7.65. The van der Waals surface area contributed by atoms with Gasteiger partial charge in [0.05, 0.1) is 17.7 Å². The summed E-state index contributed by atoms with van der Waals surface area (Å²) < 4.78 is 6.13. The summed E-state index contributed by atoms with van der Waals surface area (Å²) in [5.41, 5.74) is 4.26. The number of hydrogen-bond acceptors (Lipinski definition) is 3. The van der Waals surface area contributed by atoms with Crippen LogP contribution in [0.2, 0.25) is 0 Å². The fourth-order valence-corrected chi connectivity index (χ4v) is 3.67. The smallest absolute Gasteiger partial charge is 0.124 e. The van der Waals surface area contributed by atoms with Crippen molar-refractivity contribution in [3.05, 3.63) is 101 Å². The maximum atomic E-state index is 9.06. The molecule has 3 nitrogen and oxygen atoms in total. The number of nitrogens with zero attached hydrogens (tertiary/aromatic N) is 2. The molecule has 0 radical (unpaired) electrons. The van der Waals surface area contributed by atoms with Crippen LogP contribution in [0.25, 0.3) is 0 Å². The van der Waals surface area contributed by atoms with Crippen LogP contribution < -0.4 is 4.74 Å². The van der Waals surface area contributed by atoms with Gasteiger partial charge in [0.2, 0.25) is 0 Å². The number of likely N-dealkylation sites (tertiary alicyclic amines) is 1. The number of benzene rings is 3. The van der Waals surface area contributed by atoms with Crippen LogP contribution in [0, 0.1) is 18.3 Å². The number of nitriles is 1. The van der Waals surface area contributed by atoms with Gasteiger partial charge in [-0.25, -0.2) is 0 Å². The van der Waals surface area contributed by atoms with Crippen LogP contribution in [0.4, 0.5) is 0 Å². The molecule has 0 aliphatic carbocycles. The van der Waals surface area contributed by atoms with Crippen LogP contribution in [-0.2, 0) is 0 Å². The largest absolute Gasteiger partial charge is 0.488 e. The third-order valence-electron chi connectivity index (χ3n) is 5.09. The molecule has 1 aliphatic rings. The Kier molecular flexibility index (Phi) is 4.91. The molecule has 0 aromatic heterocycles. The van der Waals surface area contributed by atoms with Crippen LogP contribution in [0.5, 0.6) is 5.75 Å². The summed E-state index contributed by atoms with van der Waals surface area (Å²) in [5, 5.41) is 9.06. The Balaban J connectivity index is 1.47. The van der Waals surface area contributed by atoms with E-state index >= 15 is 0 Å². The molecule has 0 saturated carbocycles. The second-order valence-corrected chi connectivity index (χ2v) is 7.01. The number of rotatable bonds is 5. The van der Waals surface area contributed by atoms with Crippen LogP contribution in [0.3, 0.4) is 0 Å². The summed E-state index contributed by atoms with van der Waals surface area (Å²) in [6, 6.07) is 29.4. The van der Waals surface area contributed by atoms with Gasteiger partial charge in [0.15, 0.2) is 0 Å². The summed E-state index contributed by atoms with van der Waals surface area (Å²) in [4.78, 5) is 2.45. The van der Waals surface area contributed by atoms with Crippen molar-refractivity contribution in [1.29, 1.82) is 5.26 Å². The van der Waals surface area contributed by atoms with Gasteiger partial charge >= 0.3 is 0 Å². The lowest BCUT2D eigenvalue weighted by Gasteiger charge is -2.44. The van der Waals surface area contributed by atoms with E-state index in [9.17, 15) is 0 Å². The Morgan fingerprint density at radius 3 is 2.04 bits per heavy atom. The highest BCUT2D eigenvalue weighted by molar-refractivity contribution is 5.42. The Morgan fingerprint density at radius 1 is 0.926 bits per heavy atom. The molecule has 0 spiro atoms. The third-order valence-corrected chi connectivity index (χ3v) is 5.09. The van der Waals surface area contributed by atoms with Crippen LogP contribution >= 0.6 is 0 Å². The minimum atomic E-state index is 0.173. The molecular formula is C24H22N2O. The molecule has 3 aromatic carbocycles. The van der Waals surface area contributed by atoms with Gasteiger partial charge in [-0.3, -0.25) is 4.90 Å². The molecule has 0 N–H and O–H groups in total. The van der Waals surface area contributed by atoms with Crippen LogP contribution in [0.15, 0.2) is 78.9 Å². The fourth-order valence-electron chi connectivity index (χ4n) is 3.67. The maximum absolute atomic E-state index is 9.06. The van der Waals surface area contributed by atoms with E-state index < -0.39 is 0 Å². The summed E-state index contributed by atoms with van der Waals surface area (Å²) in [5.74, 6) is 0.840. The maximum Gasteiger partial charge on any atom is 0.124 e. The van der Waals surface area contributed by atoms with Gasteiger partial charge in [-0.05, 0) is 41.8 Å². The van der Waals surface area contributed by atoms with E-state index in [-0.39, 0.29) is 12.1 Å². The van der Waals surface area contributed by atoms with E-state index in [1.807, 2.05) is 25.1 Å². The minimum absolute atomic E-state index is 0.173. The Labute approximate surface area is 160 Å². The molecule has 1 saturated heterocycles. The lowest BCUT2D eigenvalue weighted by molar-refractivity contribution is 0.000264. The first-order valence-corrected chi connectivity index (χ1v) is 9.26. The van der Waals surface area contributed by atoms with E-state index in [2.05, 4.69) is 71.6 Å². The van der Waals surface area contributed by atoms with E-state index in [4.69, 9.17) is 10.00 Å².